The second-order valence-electron chi connectivity index (χ2n) is 7.05. The third kappa shape index (κ3) is 5.10. The van der Waals surface area contributed by atoms with Gasteiger partial charge in [-0.15, -0.1) is 0 Å². The first kappa shape index (κ1) is 18.5. The first-order valence-electron chi connectivity index (χ1n) is 8.50. The van der Waals surface area contributed by atoms with Crippen LogP contribution < -0.4 is 10.1 Å². The molecule has 0 atom stereocenters. The second-order valence-corrected chi connectivity index (χ2v) is 7.05. The van der Waals surface area contributed by atoms with Crippen molar-refractivity contribution in [3.8, 4) is 22.8 Å². The van der Waals surface area contributed by atoms with Gasteiger partial charge in [0.1, 0.15) is 17.3 Å². The van der Waals surface area contributed by atoms with E-state index in [0.717, 1.165) is 5.56 Å². The molecule has 1 N–H and O–H groups in total. The Morgan fingerprint density at radius 2 is 1.56 bits per heavy atom. The van der Waals surface area contributed by atoms with Crippen molar-refractivity contribution in [3.05, 3.63) is 72.4 Å². The van der Waals surface area contributed by atoms with Crippen LogP contribution in [0.4, 0.5) is 4.39 Å². The van der Waals surface area contributed by atoms with Gasteiger partial charge in [-0.3, -0.25) is 4.79 Å². The molecule has 27 heavy (non-hydrogen) atoms. The molecule has 1 aromatic heterocycles. The monoisotopic (exact) mass is 365 g/mol. The van der Waals surface area contributed by atoms with E-state index in [4.69, 9.17) is 4.74 Å². The maximum atomic E-state index is 13.0. The highest BCUT2D eigenvalue weighted by molar-refractivity contribution is 5.91. The molecule has 1 amide bonds. The molecule has 6 heteroatoms. The van der Waals surface area contributed by atoms with E-state index in [9.17, 15) is 9.18 Å². The number of hydrogen-bond donors (Lipinski definition) is 1. The summed E-state index contributed by atoms with van der Waals surface area (Å²) in [4.78, 5) is 20.6. The number of hydrogen-bond acceptors (Lipinski definition) is 4. The van der Waals surface area contributed by atoms with Gasteiger partial charge in [-0.2, -0.15) is 0 Å². The van der Waals surface area contributed by atoms with Crippen LogP contribution in [0, 0.1) is 5.82 Å². The summed E-state index contributed by atoms with van der Waals surface area (Å²) in [5.41, 5.74) is 1.10. The lowest BCUT2D eigenvalue weighted by Crippen LogP contribution is -2.41. The van der Waals surface area contributed by atoms with Crippen LogP contribution in [0.3, 0.4) is 0 Å². The summed E-state index contributed by atoms with van der Waals surface area (Å²) >= 11 is 0. The molecule has 3 rings (SSSR count). The van der Waals surface area contributed by atoms with Gasteiger partial charge >= 0.3 is 0 Å². The Morgan fingerprint density at radius 3 is 2.15 bits per heavy atom. The molecule has 0 fully saturated rings. The number of nitrogens with one attached hydrogen (secondary N) is 1. The topological polar surface area (TPSA) is 64.1 Å². The number of carbonyl (C=O) groups is 1. The summed E-state index contributed by atoms with van der Waals surface area (Å²) in [6.07, 6.45) is 1.56. The summed E-state index contributed by atoms with van der Waals surface area (Å²) in [5.74, 6) is 0.653. The molecule has 0 aliphatic heterocycles. The largest absolute Gasteiger partial charge is 0.457 e. The molecule has 138 valence electrons. The number of ether oxygens (including phenoxy) is 1. The molecule has 1 heterocycles. The van der Waals surface area contributed by atoms with E-state index in [1.807, 2.05) is 32.9 Å². The van der Waals surface area contributed by atoms with Crippen molar-refractivity contribution in [1.82, 2.24) is 15.3 Å². The Labute approximate surface area is 157 Å². The van der Waals surface area contributed by atoms with Gasteiger partial charge < -0.3 is 10.1 Å². The van der Waals surface area contributed by atoms with Crippen LogP contribution in [-0.2, 0) is 0 Å². The normalized spacial score (nSPS) is 11.1. The Balaban J connectivity index is 1.76. The quantitative estimate of drug-likeness (QED) is 0.734. The van der Waals surface area contributed by atoms with E-state index < -0.39 is 0 Å². The van der Waals surface area contributed by atoms with Crippen molar-refractivity contribution in [1.29, 1.82) is 0 Å². The molecular formula is C21H20FN3O2. The predicted octanol–water partition coefficient (Wildman–Crippen LogP) is 4.60. The lowest BCUT2D eigenvalue weighted by molar-refractivity contribution is 0.0909. The summed E-state index contributed by atoms with van der Waals surface area (Å²) in [5, 5.41) is 2.84. The summed E-state index contributed by atoms with van der Waals surface area (Å²) in [6, 6.07) is 14.8. The number of rotatable bonds is 4. The molecule has 0 aliphatic carbocycles. The predicted molar refractivity (Wildman–Crippen MR) is 101 cm³/mol. The minimum absolute atomic E-state index is 0.120. The molecule has 0 saturated heterocycles. The van der Waals surface area contributed by atoms with Crippen molar-refractivity contribution < 1.29 is 13.9 Å². The molecule has 5 nitrogen and oxygen atoms in total. The molecule has 0 aliphatic rings. The number of halogens is 1. The van der Waals surface area contributed by atoms with Crippen LogP contribution in [0.25, 0.3) is 11.3 Å². The summed E-state index contributed by atoms with van der Waals surface area (Å²) < 4.78 is 18.6. The molecule has 0 unspecified atom stereocenters. The maximum Gasteiger partial charge on any atom is 0.289 e. The zero-order valence-electron chi connectivity index (χ0n) is 15.4. The number of aromatic nitrogens is 2. The highest BCUT2D eigenvalue weighted by atomic mass is 19.1. The lowest BCUT2D eigenvalue weighted by Gasteiger charge is -2.19. The molecule has 0 bridgehead atoms. The fraction of sp³-hybridized carbons (Fsp3) is 0.190. The van der Waals surface area contributed by atoms with Crippen molar-refractivity contribution >= 4 is 5.91 Å². The zero-order valence-corrected chi connectivity index (χ0v) is 15.4. The SMILES string of the molecule is CC(C)(C)NC(=O)c1nccc(-c2ccc(Oc3ccc(F)cc3)cc2)n1. The lowest BCUT2D eigenvalue weighted by atomic mass is 10.1. The first-order valence-corrected chi connectivity index (χ1v) is 8.50. The van der Waals surface area contributed by atoms with Gasteiger partial charge in [-0.25, -0.2) is 14.4 Å². The van der Waals surface area contributed by atoms with Crippen LogP contribution in [0.15, 0.2) is 60.8 Å². The molecule has 0 spiro atoms. The number of amides is 1. The van der Waals surface area contributed by atoms with Crippen LogP contribution in [0.2, 0.25) is 0 Å². The molecule has 3 aromatic rings. The Bertz CT molecular complexity index is 933. The average Bonchev–Trinajstić information content (AvgIpc) is 2.63. The first-order chi connectivity index (χ1) is 12.8. The van der Waals surface area contributed by atoms with Gasteiger partial charge in [0.2, 0.25) is 5.82 Å². The standard InChI is InChI=1S/C21H20FN3O2/c1-21(2,3)25-20(26)19-23-13-12-18(24-19)14-4-8-16(9-5-14)27-17-10-6-15(22)7-11-17/h4-13H,1-3H3,(H,25,26). The molecule has 0 saturated carbocycles. The Hall–Kier alpha value is -3.28. The highest BCUT2D eigenvalue weighted by Gasteiger charge is 2.17. The highest BCUT2D eigenvalue weighted by Crippen LogP contribution is 2.25. The van der Waals surface area contributed by atoms with E-state index in [1.165, 1.54) is 12.1 Å². The summed E-state index contributed by atoms with van der Waals surface area (Å²) in [7, 11) is 0. The molecule has 0 radical (unpaired) electrons. The van der Waals surface area contributed by atoms with E-state index in [2.05, 4.69) is 15.3 Å². The fourth-order valence-electron chi connectivity index (χ4n) is 2.36. The number of benzene rings is 2. The van der Waals surface area contributed by atoms with Gasteiger partial charge in [0.25, 0.3) is 5.91 Å². The minimum atomic E-state index is -0.365. The van der Waals surface area contributed by atoms with E-state index in [-0.39, 0.29) is 23.1 Å². The Morgan fingerprint density at radius 1 is 0.963 bits per heavy atom. The fourth-order valence-corrected chi connectivity index (χ4v) is 2.36. The molecule has 2 aromatic carbocycles. The van der Waals surface area contributed by atoms with Crippen LogP contribution in [-0.4, -0.2) is 21.4 Å². The summed E-state index contributed by atoms with van der Waals surface area (Å²) in [6.45, 7) is 5.69. The number of nitrogens with zero attached hydrogens (tertiary/aromatic N) is 2. The van der Waals surface area contributed by atoms with Crippen molar-refractivity contribution in [3.63, 3.8) is 0 Å². The van der Waals surface area contributed by atoms with E-state index in [1.54, 1.807) is 36.5 Å². The van der Waals surface area contributed by atoms with Gasteiger partial charge in [-0.05, 0) is 75.4 Å². The van der Waals surface area contributed by atoms with E-state index >= 15 is 0 Å². The third-order valence-electron chi connectivity index (χ3n) is 3.55. The Kier molecular flexibility index (Phi) is 5.16. The van der Waals surface area contributed by atoms with Gasteiger partial charge in [-0.1, -0.05) is 0 Å². The minimum Gasteiger partial charge on any atom is -0.457 e. The van der Waals surface area contributed by atoms with Gasteiger partial charge in [0.15, 0.2) is 0 Å². The van der Waals surface area contributed by atoms with Crippen LogP contribution in [0.5, 0.6) is 11.5 Å². The van der Waals surface area contributed by atoms with Crippen molar-refractivity contribution in [2.24, 2.45) is 0 Å². The van der Waals surface area contributed by atoms with Crippen molar-refractivity contribution in [2.45, 2.75) is 26.3 Å². The van der Waals surface area contributed by atoms with Gasteiger partial charge in [0.05, 0.1) is 5.69 Å². The smallest absolute Gasteiger partial charge is 0.289 e. The van der Waals surface area contributed by atoms with Crippen LogP contribution >= 0.6 is 0 Å². The zero-order chi connectivity index (χ0) is 19.4. The van der Waals surface area contributed by atoms with Gasteiger partial charge in [0, 0.05) is 17.3 Å². The number of carbonyl (C=O) groups excluding carboxylic acids is 1. The average molecular weight is 365 g/mol. The third-order valence-corrected chi connectivity index (χ3v) is 3.55. The molecular weight excluding hydrogens is 345 g/mol. The van der Waals surface area contributed by atoms with Crippen LogP contribution in [0.1, 0.15) is 31.4 Å². The second kappa shape index (κ2) is 7.53. The van der Waals surface area contributed by atoms with Crippen molar-refractivity contribution in [2.75, 3.05) is 0 Å². The maximum absolute atomic E-state index is 13.0. The van der Waals surface area contributed by atoms with E-state index in [0.29, 0.717) is 17.2 Å².